The van der Waals surface area contributed by atoms with E-state index in [9.17, 15) is 22.0 Å². The number of halogens is 6. The summed E-state index contributed by atoms with van der Waals surface area (Å²) in [6.45, 7) is 2.63. The minimum atomic E-state index is -2.27. The molecule has 0 amide bonds. The van der Waals surface area contributed by atoms with E-state index < -0.39 is 57.2 Å². The molecule has 1 aliphatic carbocycles. The van der Waals surface area contributed by atoms with Crippen molar-refractivity contribution in [3.05, 3.63) is 40.2 Å². The summed E-state index contributed by atoms with van der Waals surface area (Å²) >= 11 is 6.07. The molecule has 124 valence electrons. The van der Waals surface area contributed by atoms with Gasteiger partial charge in [0.15, 0.2) is 23.3 Å². The topological polar surface area (TPSA) is 56.4 Å². The van der Waals surface area contributed by atoms with E-state index >= 15 is 0 Å². The van der Waals surface area contributed by atoms with E-state index in [1.54, 1.807) is 0 Å². The van der Waals surface area contributed by atoms with Crippen LogP contribution < -0.4 is 0 Å². The van der Waals surface area contributed by atoms with Crippen LogP contribution in [0.3, 0.4) is 0 Å². The predicted octanol–water partition coefficient (Wildman–Crippen LogP) is 4.26. The average molecular weight is 353 g/mol. The van der Waals surface area contributed by atoms with Crippen molar-refractivity contribution in [3.63, 3.8) is 0 Å². The Balaban J connectivity index is 2.86. The number of allylic oxidation sites excluding steroid dienone is 2. The van der Waals surface area contributed by atoms with Crippen molar-refractivity contribution < 1.29 is 27.2 Å². The summed E-state index contributed by atoms with van der Waals surface area (Å²) in [5.41, 5.74) is -2.25. The molecule has 0 bridgehead atoms. The van der Waals surface area contributed by atoms with Crippen LogP contribution in [0.1, 0.15) is 19.4 Å². The predicted molar refractivity (Wildman–Crippen MR) is 74.6 cm³/mol. The molecule has 2 atom stereocenters. The number of oxime groups is 1. The lowest BCUT2D eigenvalue weighted by atomic mass is 9.79. The summed E-state index contributed by atoms with van der Waals surface area (Å²) in [6.07, 6.45) is 0. The molecule has 0 radical (unpaired) electrons. The fraction of sp³-hybridized carbons (Fsp3) is 0.286. The molecule has 2 rings (SSSR count). The molecule has 23 heavy (non-hydrogen) atoms. The van der Waals surface area contributed by atoms with Crippen molar-refractivity contribution in [3.8, 4) is 0 Å². The Kier molecular flexibility index (Phi) is 4.48. The van der Waals surface area contributed by atoms with Crippen molar-refractivity contribution in [2.75, 3.05) is 0 Å². The van der Waals surface area contributed by atoms with Gasteiger partial charge in [0.05, 0.1) is 16.7 Å². The van der Waals surface area contributed by atoms with E-state index in [1.807, 2.05) is 0 Å². The fourth-order valence-electron chi connectivity index (χ4n) is 2.46. The second kappa shape index (κ2) is 5.92. The van der Waals surface area contributed by atoms with Gasteiger partial charge in [0, 0.05) is 5.92 Å². The van der Waals surface area contributed by atoms with Crippen LogP contribution in [0.5, 0.6) is 0 Å². The maximum absolute atomic E-state index is 14.0. The number of nitrogens with one attached hydrogen (secondary N) is 1. The van der Waals surface area contributed by atoms with Gasteiger partial charge in [-0.1, -0.05) is 12.1 Å². The molecule has 0 heterocycles. The molecule has 3 nitrogen and oxygen atoms in total. The Bertz CT molecular complexity index is 746. The van der Waals surface area contributed by atoms with Crippen molar-refractivity contribution in [1.29, 1.82) is 5.41 Å². The van der Waals surface area contributed by atoms with Gasteiger partial charge in [-0.15, -0.1) is 11.6 Å². The summed E-state index contributed by atoms with van der Waals surface area (Å²) < 4.78 is 68.0. The molecular weight excluding hydrogens is 343 g/mol. The van der Waals surface area contributed by atoms with Gasteiger partial charge in [-0.2, -0.15) is 0 Å². The average Bonchev–Trinajstić information content (AvgIpc) is 2.53. The van der Waals surface area contributed by atoms with E-state index in [2.05, 4.69) is 5.16 Å². The normalized spacial score (nSPS) is 23.8. The van der Waals surface area contributed by atoms with Crippen LogP contribution in [-0.4, -0.2) is 22.0 Å². The number of benzene rings is 1. The maximum Gasteiger partial charge on any atom is 0.200 e. The molecule has 0 fully saturated rings. The molecule has 1 aromatic rings. The number of alkyl halides is 1. The van der Waals surface area contributed by atoms with Gasteiger partial charge in [-0.05, 0) is 18.1 Å². The molecule has 0 saturated heterocycles. The van der Waals surface area contributed by atoms with Crippen molar-refractivity contribution in [2.24, 2.45) is 11.1 Å². The summed E-state index contributed by atoms with van der Waals surface area (Å²) in [4.78, 5) is 0. The molecule has 0 spiro atoms. The first-order valence-corrected chi connectivity index (χ1v) is 6.76. The first-order chi connectivity index (χ1) is 10.6. The molecule has 1 aliphatic rings. The van der Waals surface area contributed by atoms with Crippen LogP contribution in [0, 0.1) is 40.4 Å². The molecule has 0 aliphatic heterocycles. The van der Waals surface area contributed by atoms with Crippen molar-refractivity contribution in [2.45, 2.75) is 19.2 Å². The van der Waals surface area contributed by atoms with Gasteiger partial charge in [0.2, 0.25) is 5.82 Å². The van der Waals surface area contributed by atoms with Crippen LogP contribution in [0.25, 0.3) is 5.57 Å². The molecule has 1 aromatic carbocycles. The molecular formula is C14H10ClF5N2O. The zero-order valence-corrected chi connectivity index (χ0v) is 12.6. The summed E-state index contributed by atoms with van der Waals surface area (Å²) in [5, 5.41) is 18.4. The first-order valence-electron chi connectivity index (χ1n) is 6.32. The number of nitrogens with zero attached hydrogens (tertiary/aromatic N) is 1. The largest absolute Gasteiger partial charge is 0.411 e. The van der Waals surface area contributed by atoms with Gasteiger partial charge >= 0.3 is 0 Å². The highest BCUT2D eigenvalue weighted by atomic mass is 35.5. The van der Waals surface area contributed by atoms with E-state index in [4.69, 9.17) is 22.2 Å². The molecule has 0 aromatic heterocycles. The quantitative estimate of drug-likeness (QED) is 0.195. The van der Waals surface area contributed by atoms with Crippen LogP contribution in [0.4, 0.5) is 22.0 Å². The molecule has 2 unspecified atom stereocenters. The van der Waals surface area contributed by atoms with E-state index in [0.29, 0.717) is 0 Å². The molecule has 9 heteroatoms. The van der Waals surface area contributed by atoms with Gasteiger partial charge in [0.1, 0.15) is 5.71 Å². The third kappa shape index (κ3) is 2.41. The van der Waals surface area contributed by atoms with Crippen LogP contribution in [0.2, 0.25) is 0 Å². The highest BCUT2D eigenvalue weighted by Gasteiger charge is 2.39. The third-order valence-electron chi connectivity index (χ3n) is 3.77. The SMILES string of the molecule is CC1=C(c2c(F)c(F)c(F)c(F)c2F)C(Cl)C(C)/C(=N/O)C1=N. The van der Waals surface area contributed by atoms with E-state index in [0.717, 1.165) is 0 Å². The van der Waals surface area contributed by atoms with Gasteiger partial charge < -0.3 is 5.21 Å². The van der Waals surface area contributed by atoms with Crippen LogP contribution in [-0.2, 0) is 0 Å². The summed E-state index contributed by atoms with van der Waals surface area (Å²) in [6, 6.07) is 0. The van der Waals surface area contributed by atoms with Gasteiger partial charge in [-0.25, -0.2) is 22.0 Å². The van der Waals surface area contributed by atoms with Gasteiger partial charge in [-0.3, -0.25) is 5.41 Å². The Morgan fingerprint density at radius 3 is 1.87 bits per heavy atom. The minimum absolute atomic E-state index is 0.140. The second-order valence-corrected chi connectivity index (χ2v) is 5.50. The highest BCUT2D eigenvalue weighted by molar-refractivity contribution is 6.52. The monoisotopic (exact) mass is 352 g/mol. The second-order valence-electron chi connectivity index (χ2n) is 5.03. The van der Waals surface area contributed by atoms with Crippen molar-refractivity contribution >= 4 is 28.6 Å². The number of rotatable bonds is 1. The lowest BCUT2D eigenvalue weighted by Crippen LogP contribution is -2.36. The summed E-state index contributed by atoms with van der Waals surface area (Å²) in [5.74, 6) is -11.4. The standard InChI is InChI=1S/C14H10ClF5N2O/c1-3-5(7(15)4(2)14(22-23)13(3)21)6-8(16)10(18)12(20)11(19)9(6)17/h4,7,21,23H,1-2H3/b21-13?,22-14-. The lowest BCUT2D eigenvalue weighted by molar-refractivity contribution is 0.316. The molecule has 0 saturated carbocycles. The lowest BCUT2D eigenvalue weighted by Gasteiger charge is -2.30. The van der Waals surface area contributed by atoms with Crippen LogP contribution in [0.15, 0.2) is 10.7 Å². The number of hydrogen-bond acceptors (Lipinski definition) is 3. The maximum atomic E-state index is 14.0. The Labute approximate surface area is 132 Å². The van der Waals surface area contributed by atoms with Crippen molar-refractivity contribution in [1.82, 2.24) is 0 Å². The third-order valence-corrected chi connectivity index (χ3v) is 4.36. The fourth-order valence-corrected chi connectivity index (χ4v) is 2.85. The van der Waals surface area contributed by atoms with Gasteiger partial charge in [0.25, 0.3) is 0 Å². The van der Waals surface area contributed by atoms with E-state index in [1.165, 1.54) is 13.8 Å². The van der Waals surface area contributed by atoms with Crippen LogP contribution >= 0.6 is 11.6 Å². The first kappa shape index (κ1) is 17.4. The Morgan fingerprint density at radius 2 is 1.43 bits per heavy atom. The number of hydrogen-bond donors (Lipinski definition) is 2. The smallest absolute Gasteiger partial charge is 0.200 e. The zero-order valence-electron chi connectivity index (χ0n) is 11.8. The Hall–Kier alpha value is -1.96. The molecule has 2 N–H and O–H groups in total. The zero-order chi connectivity index (χ0) is 17.6. The summed E-state index contributed by atoms with van der Waals surface area (Å²) in [7, 11) is 0. The minimum Gasteiger partial charge on any atom is -0.411 e. The Morgan fingerprint density at radius 1 is 1.00 bits per heavy atom. The highest BCUT2D eigenvalue weighted by Crippen LogP contribution is 2.40. The van der Waals surface area contributed by atoms with E-state index in [-0.39, 0.29) is 11.3 Å².